The molecular weight excluding hydrogens is 197 g/mol. The zero-order valence-electron chi connectivity index (χ0n) is 8.22. The average Bonchev–Trinajstić information content (AvgIpc) is 2.56. The van der Waals surface area contributed by atoms with Gasteiger partial charge in [0.15, 0.2) is 0 Å². The van der Waals surface area contributed by atoms with Crippen LogP contribution in [0.15, 0.2) is 23.1 Å². The Morgan fingerprint density at radius 1 is 1.57 bits per heavy atom. The van der Waals surface area contributed by atoms with Crippen LogP contribution in [0.1, 0.15) is 12.0 Å². The summed E-state index contributed by atoms with van der Waals surface area (Å²) in [4.78, 5) is 1.26. The number of hydrogen-bond acceptors (Lipinski definition) is 2. The van der Waals surface area contributed by atoms with Crippen molar-refractivity contribution in [2.24, 2.45) is 0 Å². The molecule has 0 spiro atoms. The molecule has 0 aliphatic carbocycles. The van der Waals surface area contributed by atoms with Crippen LogP contribution in [0.2, 0.25) is 0 Å². The molecule has 1 atom stereocenters. The predicted molar refractivity (Wildman–Crippen MR) is 58.3 cm³/mol. The van der Waals surface area contributed by atoms with E-state index in [1.165, 1.54) is 10.5 Å². The second kappa shape index (κ2) is 4.32. The lowest BCUT2D eigenvalue weighted by Crippen LogP contribution is -2.14. The molecule has 1 aliphatic rings. The number of hydrogen-bond donors (Lipinski definition) is 1. The normalized spacial score (nSPS) is 19.7. The SMILES string of the molecule is CNCCC1Cc2cc(F)ccc2S1. The third kappa shape index (κ3) is 2.10. The van der Waals surface area contributed by atoms with Crippen molar-refractivity contribution in [1.29, 1.82) is 0 Å². The van der Waals surface area contributed by atoms with E-state index in [1.807, 2.05) is 24.9 Å². The van der Waals surface area contributed by atoms with Crippen LogP contribution in [0, 0.1) is 5.82 Å². The first-order valence-corrected chi connectivity index (χ1v) is 5.77. The number of benzene rings is 1. The summed E-state index contributed by atoms with van der Waals surface area (Å²) in [5.74, 6) is -0.112. The average molecular weight is 211 g/mol. The van der Waals surface area contributed by atoms with Gasteiger partial charge in [-0.1, -0.05) is 0 Å². The maximum atomic E-state index is 12.9. The second-order valence-corrected chi connectivity index (χ2v) is 4.93. The van der Waals surface area contributed by atoms with E-state index in [2.05, 4.69) is 5.32 Å². The molecule has 0 saturated heterocycles. The Morgan fingerprint density at radius 2 is 2.43 bits per heavy atom. The van der Waals surface area contributed by atoms with Crippen molar-refractivity contribution >= 4 is 11.8 Å². The molecule has 3 heteroatoms. The van der Waals surface area contributed by atoms with Crippen LogP contribution in [0.25, 0.3) is 0 Å². The van der Waals surface area contributed by atoms with Crippen molar-refractivity contribution < 1.29 is 4.39 Å². The molecule has 76 valence electrons. The second-order valence-electron chi connectivity index (χ2n) is 3.59. The molecule has 14 heavy (non-hydrogen) atoms. The fourth-order valence-corrected chi connectivity index (χ4v) is 3.05. The fourth-order valence-electron chi connectivity index (χ4n) is 1.76. The van der Waals surface area contributed by atoms with E-state index < -0.39 is 0 Å². The molecule has 0 radical (unpaired) electrons. The number of rotatable bonds is 3. The standard InChI is InChI=1S/C11H14FNS/c1-13-5-4-10-7-8-6-9(12)2-3-11(8)14-10/h2-3,6,10,13H,4-5,7H2,1H3. The summed E-state index contributed by atoms with van der Waals surface area (Å²) < 4.78 is 12.9. The number of nitrogens with one attached hydrogen (secondary N) is 1. The Morgan fingerprint density at radius 3 is 3.21 bits per heavy atom. The summed E-state index contributed by atoms with van der Waals surface area (Å²) >= 11 is 1.88. The van der Waals surface area contributed by atoms with Crippen molar-refractivity contribution in [2.75, 3.05) is 13.6 Å². The zero-order valence-corrected chi connectivity index (χ0v) is 9.03. The van der Waals surface area contributed by atoms with Gasteiger partial charge in [0.25, 0.3) is 0 Å². The van der Waals surface area contributed by atoms with Gasteiger partial charge in [0.05, 0.1) is 0 Å². The van der Waals surface area contributed by atoms with Gasteiger partial charge in [-0.2, -0.15) is 0 Å². The molecule has 0 aromatic heterocycles. The van der Waals surface area contributed by atoms with Crippen molar-refractivity contribution in [3.8, 4) is 0 Å². The molecule has 1 aliphatic heterocycles. The summed E-state index contributed by atoms with van der Waals surface area (Å²) in [7, 11) is 1.96. The Bertz CT molecular complexity index is 327. The van der Waals surface area contributed by atoms with E-state index in [0.29, 0.717) is 5.25 Å². The third-order valence-corrected chi connectivity index (χ3v) is 3.87. The highest BCUT2D eigenvalue weighted by Gasteiger charge is 2.21. The lowest BCUT2D eigenvalue weighted by Gasteiger charge is -2.06. The van der Waals surface area contributed by atoms with Gasteiger partial charge in [0, 0.05) is 10.1 Å². The molecule has 1 N–H and O–H groups in total. The first-order chi connectivity index (χ1) is 6.79. The van der Waals surface area contributed by atoms with Crippen LogP contribution in [-0.2, 0) is 6.42 Å². The number of thioether (sulfide) groups is 1. The van der Waals surface area contributed by atoms with Crippen molar-refractivity contribution in [2.45, 2.75) is 23.0 Å². The van der Waals surface area contributed by atoms with Crippen LogP contribution in [0.4, 0.5) is 4.39 Å². The maximum absolute atomic E-state index is 12.9. The Labute approximate surface area is 88.1 Å². The molecule has 2 rings (SSSR count). The van der Waals surface area contributed by atoms with Crippen LogP contribution in [0.3, 0.4) is 0 Å². The number of fused-ring (bicyclic) bond motifs is 1. The van der Waals surface area contributed by atoms with E-state index in [-0.39, 0.29) is 5.82 Å². The van der Waals surface area contributed by atoms with Crippen LogP contribution >= 0.6 is 11.8 Å². The summed E-state index contributed by atoms with van der Waals surface area (Å²) in [6.07, 6.45) is 2.16. The van der Waals surface area contributed by atoms with Crippen LogP contribution < -0.4 is 5.32 Å². The number of halogens is 1. The van der Waals surface area contributed by atoms with Crippen LogP contribution in [0.5, 0.6) is 0 Å². The first kappa shape index (κ1) is 9.99. The van der Waals surface area contributed by atoms with Crippen molar-refractivity contribution in [3.05, 3.63) is 29.6 Å². The lowest BCUT2D eigenvalue weighted by atomic mass is 10.1. The van der Waals surface area contributed by atoms with Gasteiger partial charge in [-0.3, -0.25) is 0 Å². The van der Waals surface area contributed by atoms with Gasteiger partial charge in [-0.25, -0.2) is 4.39 Å². The molecule has 0 saturated carbocycles. The predicted octanol–water partition coefficient (Wildman–Crippen LogP) is 2.45. The fraction of sp³-hybridized carbons (Fsp3) is 0.455. The van der Waals surface area contributed by atoms with Crippen molar-refractivity contribution in [1.82, 2.24) is 5.32 Å². The smallest absolute Gasteiger partial charge is 0.123 e. The highest BCUT2D eigenvalue weighted by atomic mass is 32.2. The minimum atomic E-state index is -0.112. The van der Waals surface area contributed by atoms with Gasteiger partial charge in [0.1, 0.15) is 5.82 Å². The minimum absolute atomic E-state index is 0.112. The third-order valence-electron chi connectivity index (χ3n) is 2.48. The van der Waals surface area contributed by atoms with E-state index in [0.717, 1.165) is 19.4 Å². The highest BCUT2D eigenvalue weighted by molar-refractivity contribution is 8.00. The van der Waals surface area contributed by atoms with Gasteiger partial charge < -0.3 is 5.32 Å². The van der Waals surface area contributed by atoms with Gasteiger partial charge in [-0.15, -0.1) is 11.8 Å². The van der Waals surface area contributed by atoms with Gasteiger partial charge in [0.2, 0.25) is 0 Å². The molecule has 1 aromatic rings. The van der Waals surface area contributed by atoms with Gasteiger partial charge in [-0.05, 0) is 50.2 Å². The topological polar surface area (TPSA) is 12.0 Å². The molecule has 1 heterocycles. The molecule has 0 fully saturated rings. The quantitative estimate of drug-likeness (QED) is 0.824. The molecule has 1 unspecified atom stereocenters. The molecular formula is C11H14FNS. The molecule has 0 amide bonds. The largest absolute Gasteiger partial charge is 0.320 e. The molecule has 1 aromatic carbocycles. The van der Waals surface area contributed by atoms with E-state index in [4.69, 9.17) is 0 Å². The summed E-state index contributed by atoms with van der Waals surface area (Å²) in [5, 5.41) is 3.77. The zero-order chi connectivity index (χ0) is 9.97. The Hall–Kier alpha value is -0.540. The molecule has 1 nitrogen and oxygen atoms in total. The van der Waals surface area contributed by atoms with E-state index in [9.17, 15) is 4.39 Å². The summed E-state index contributed by atoms with van der Waals surface area (Å²) in [5.41, 5.74) is 1.18. The minimum Gasteiger partial charge on any atom is -0.320 e. The Kier molecular flexibility index (Phi) is 3.08. The summed E-state index contributed by atoms with van der Waals surface area (Å²) in [6, 6.07) is 5.11. The maximum Gasteiger partial charge on any atom is 0.123 e. The summed E-state index contributed by atoms with van der Waals surface area (Å²) in [6.45, 7) is 1.04. The molecule has 0 bridgehead atoms. The van der Waals surface area contributed by atoms with Crippen LogP contribution in [-0.4, -0.2) is 18.8 Å². The van der Waals surface area contributed by atoms with Gasteiger partial charge >= 0.3 is 0 Å². The highest BCUT2D eigenvalue weighted by Crippen LogP contribution is 2.38. The van der Waals surface area contributed by atoms with Crippen molar-refractivity contribution in [3.63, 3.8) is 0 Å². The Balaban J connectivity index is 2.03. The van der Waals surface area contributed by atoms with E-state index >= 15 is 0 Å². The monoisotopic (exact) mass is 211 g/mol. The first-order valence-electron chi connectivity index (χ1n) is 4.89. The lowest BCUT2D eigenvalue weighted by molar-refractivity contribution is 0.622. The van der Waals surface area contributed by atoms with E-state index in [1.54, 1.807) is 12.1 Å².